The summed E-state index contributed by atoms with van der Waals surface area (Å²) in [5, 5.41) is 3.42. The first kappa shape index (κ1) is 10.7. The standard InChI is InChI=1S/C13H21NO/c1-10(2)13(12-4-3-9-15-12)11-5-7-14-8-6-11/h3-4,9-11,13-14H,5-8H2,1-2H3. The van der Waals surface area contributed by atoms with Crippen LogP contribution in [0.25, 0.3) is 0 Å². The molecule has 1 saturated heterocycles. The number of nitrogens with one attached hydrogen (secondary N) is 1. The molecule has 2 heterocycles. The molecule has 2 rings (SSSR count). The van der Waals surface area contributed by atoms with Crippen molar-refractivity contribution in [1.82, 2.24) is 5.32 Å². The van der Waals surface area contributed by atoms with Gasteiger partial charge in [-0.15, -0.1) is 0 Å². The highest BCUT2D eigenvalue weighted by atomic mass is 16.3. The van der Waals surface area contributed by atoms with E-state index >= 15 is 0 Å². The Balaban J connectivity index is 2.12. The van der Waals surface area contributed by atoms with Crippen LogP contribution < -0.4 is 5.32 Å². The average Bonchev–Trinajstić information content (AvgIpc) is 2.72. The van der Waals surface area contributed by atoms with Gasteiger partial charge < -0.3 is 9.73 Å². The Bertz CT molecular complexity index is 273. The molecule has 0 amide bonds. The van der Waals surface area contributed by atoms with Crippen LogP contribution in [0.2, 0.25) is 0 Å². The molecule has 1 aromatic rings. The normalized spacial score (nSPS) is 20.7. The highest BCUT2D eigenvalue weighted by Gasteiger charge is 2.29. The fourth-order valence-corrected chi connectivity index (χ4v) is 2.79. The van der Waals surface area contributed by atoms with E-state index in [1.165, 1.54) is 18.6 Å². The van der Waals surface area contributed by atoms with Crippen LogP contribution in [0, 0.1) is 11.8 Å². The summed E-state index contributed by atoms with van der Waals surface area (Å²) in [5.74, 6) is 3.23. The SMILES string of the molecule is CC(C)C(c1ccco1)C1CCNCC1. The molecule has 2 nitrogen and oxygen atoms in total. The van der Waals surface area contributed by atoms with Gasteiger partial charge in [0.25, 0.3) is 0 Å². The van der Waals surface area contributed by atoms with Gasteiger partial charge in [-0.1, -0.05) is 13.8 Å². The molecule has 2 heteroatoms. The number of hydrogen-bond donors (Lipinski definition) is 1. The molecule has 15 heavy (non-hydrogen) atoms. The minimum absolute atomic E-state index is 0.599. The Morgan fingerprint density at radius 1 is 1.33 bits per heavy atom. The molecule has 0 spiro atoms. The average molecular weight is 207 g/mol. The fraction of sp³-hybridized carbons (Fsp3) is 0.692. The maximum atomic E-state index is 5.59. The van der Waals surface area contributed by atoms with Crippen LogP contribution in [0.15, 0.2) is 22.8 Å². The van der Waals surface area contributed by atoms with Gasteiger partial charge in [0.2, 0.25) is 0 Å². The topological polar surface area (TPSA) is 25.2 Å². The van der Waals surface area contributed by atoms with Crippen molar-refractivity contribution in [3.8, 4) is 0 Å². The lowest BCUT2D eigenvalue weighted by Gasteiger charge is -2.32. The van der Waals surface area contributed by atoms with Crippen LogP contribution >= 0.6 is 0 Å². The van der Waals surface area contributed by atoms with E-state index in [0.717, 1.165) is 19.0 Å². The molecule has 1 aromatic heterocycles. The molecule has 1 atom stereocenters. The summed E-state index contributed by atoms with van der Waals surface area (Å²) in [5.41, 5.74) is 0. The molecule has 0 aliphatic carbocycles. The van der Waals surface area contributed by atoms with Crippen molar-refractivity contribution in [3.63, 3.8) is 0 Å². The van der Waals surface area contributed by atoms with Gasteiger partial charge in [0.1, 0.15) is 5.76 Å². The third-order valence-corrected chi connectivity index (χ3v) is 3.48. The smallest absolute Gasteiger partial charge is 0.107 e. The summed E-state index contributed by atoms with van der Waals surface area (Å²) in [6, 6.07) is 4.14. The summed E-state index contributed by atoms with van der Waals surface area (Å²) in [4.78, 5) is 0. The second kappa shape index (κ2) is 4.84. The Kier molecular flexibility index (Phi) is 3.47. The zero-order valence-corrected chi connectivity index (χ0v) is 9.70. The predicted octanol–water partition coefficient (Wildman–Crippen LogP) is 3.02. The molecule has 1 fully saturated rings. The van der Waals surface area contributed by atoms with Crippen molar-refractivity contribution >= 4 is 0 Å². The van der Waals surface area contributed by atoms with E-state index in [0.29, 0.717) is 11.8 Å². The zero-order chi connectivity index (χ0) is 10.7. The molecule has 1 unspecified atom stereocenters. The lowest BCUT2D eigenvalue weighted by atomic mass is 9.77. The van der Waals surface area contributed by atoms with Crippen LogP contribution in [0.3, 0.4) is 0 Å². The quantitative estimate of drug-likeness (QED) is 0.824. The molecule has 0 bridgehead atoms. The Morgan fingerprint density at radius 3 is 2.60 bits per heavy atom. The highest BCUT2D eigenvalue weighted by molar-refractivity contribution is 5.08. The third-order valence-electron chi connectivity index (χ3n) is 3.48. The van der Waals surface area contributed by atoms with Crippen LogP contribution in [-0.2, 0) is 0 Å². The van der Waals surface area contributed by atoms with Crippen molar-refractivity contribution in [2.24, 2.45) is 11.8 Å². The van der Waals surface area contributed by atoms with E-state index in [-0.39, 0.29) is 0 Å². The van der Waals surface area contributed by atoms with Crippen molar-refractivity contribution < 1.29 is 4.42 Å². The Hall–Kier alpha value is -0.760. The summed E-state index contributed by atoms with van der Waals surface area (Å²) >= 11 is 0. The lowest BCUT2D eigenvalue weighted by Crippen LogP contribution is -2.32. The number of hydrogen-bond acceptors (Lipinski definition) is 2. The number of furan rings is 1. The fourth-order valence-electron chi connectivity index (χ4n) is 2.79. The van der Waals surface area contributed by atoms with Crippen LogP contribution in [0.1, 0.15) is 38.4 Å². The van der Waals surface area contributed by atoms with Gasteiger partial charge in [-0.3, -0.25) is 0 Å². The van der Waals surface area contributed by atoms with Gasteiger partial charge >= 0.3 is 0 Å². The summed E-state index contributed by atoms with van der Waals surface area (Å²) in [7, 11) is 0. The van der Waals surface area contributed by atoms with Gasteiger partial charge in [-0.2, -0.15) is 0 Å². The molecule has 1 aliphatic rings. The predicted molar refractivity (Wildman–Crippen MR) is 61.9 cm³/mol. The van der Waals surface area contributed by atoms with E-state index < -0.39 is 0 Å². The van der Waals surface area contributed by atoms with Gasteiger partial charge in [-0.25, -0.2) is 0 Å². The number of rotatable bonds is 3. The number of piperidine rings is 1. The molecule has 84 valence electrons. The maximum absolute atomic E-state index is 5.59. The van der Waals surface area contributed by atoms with E-state index in [9.17, 15) is 0 Å². The van der Waals surface area contributed by atoms with E-state index in [4.69, 9.17) is 4.42 Å². The third kappa shape index (κ3) is 2.43. The Labute approximate surface area is 92.1 Å². The van der Waals surface area contributed by atoms with Crippen molar-refractivity contribution in [3.05, 3.63) is 24.2 Å². The monoisotopic (exact) mass is 207 g/mol. The molecule has 0 saturated carbocycles. The van der Waals surface area contributed by atoms with Crippen LogP contribution in [-0.4, -0.2) is 13.1 Å². The first-order chi connectivity index (χ1) is 7.29. The molecular weight excluding hydrogens is 186 g/mol. The molecular formula is C13H21NO. The van der Waals surface area contributed by atoms with Gasteiger partial charge in [0.05, 0.1) is 6.26 Å². The maximum Gasteiger partial charge on any atom is 0.107 e. The second-order valence-electron chi connectivity index (χ2n) is 4.87. The van der Waals surface area contributed by atoms with Crippen molar-refractivity contribution in [2.45, 2.75) is 32.6 Å². The van der Waals surface area contributed by atoms with Crippen molar-refractivity contribution in [1.29, 1.82) is 0 Å². The summed E-state index contributed by atoms with van der Waals surface area (Å²) < 4.78 is 5.59. The highest BCUT2D eigenvalue weighted by Crippen LogP contribution is 2.36. The summed E-state index contributed by atoms with van der Waals surface area (Å²) in [6.07, 6.45) is 4.36. The zero-order valence-electron chi connectivity index (χ0n) is 9.70. The Morgan fingerprint density at radius 2 is 2.07 bits per heavy atom. The minimum Gasteiger partial charge on any atom is -0.469 e. The molecule has 1 N–H and O–H groups in total. The van der Waals surface area contributed by atoms with E-state index in [1.807, 2.05) is 6.07 Å². The van der Waals surface area contributed by atoms with Crippen LogP contribution in [0.4, 0.5) is 0 Å². The largest absolute Gasteiger partial charge is 0.469 e. The van der Waals surface area contributed by atoms with Crippen LogP contribution in [0.5, 0.6) is 0 Å². The van der Waals surface area contributed by atoms with Gasteiger partial charge in [-0.05, 0) is 49.9 Å². The molecule has 0 radical (unpaired) electrons. The second-order valence-corrected chi connectivity index (χ2v) is 4.87. The molecule has 1 aliphatic heterocycles. The van der Waals surface area contributed by atoms with Crippen molar-refractivity contribution in [2.75, 3.05) is 13.1 Å². The molecule has 0 aromatic carbocycles. The first-order valence-corrected chi connectivity index (χ1v) is 6.03. The van der Waals surface area contributed by atoms with Gasteiger partial charge in [0, 0.05) is 5.92 Å². The minimum atomic E-state index is 0.599. The van der Waals surface area contributed by atoms with Gasteiger partial charge in [0.15, 0.2) is 0 Å². The van der Waals surface area contributed by atoms with E-state index in [1.54, 1.807) is 6.26 Å². The first-order valence-electron chi connectivity index (χ1n) is 6.03. The lowest BCUT2D eigenvalue weighted by molar-refractivity contribution is 0.242. The summed E-state index contributed by atoms with van der Waals surface area (Å²) in [6.45, 7) is 6.92. The van der Waals surface area contributed by atoms with E-state index in [2.05, 4.69) is 25.2 Å².